The van der Waals surface area contributed by atoms with Gasteiger partial charge in [0.2, 0.25) is 0 Å². The molecule has 0 bridgehead atoms. The first-order valence-corrected chi connectivity index (χ1v) is 7.49. The number of nitrogens with two attached hydrogens (primary N) is 1. The zero-order valence-corrected chi connectivity index (χ0v) is 12.9. The Kier molecular flexibility index (Phi) is 5.63. The first kappa shape index (κ1) is 14.8. The van der Waals surface area contributed by atoms with Gasteiger partial charge in [0.05, 0.1) is 24.3 Å². The van der Waals surface area contributed by atoms with Gasteiger partial charge in [-0.15, -0.1) is 0 Å². The smallest absolute Gasteiger partial charge is 0.133 e. The highest BCUT2D eigenvalue weighted by Crippen LogP contribution is 2.30. The summed E-state index contributed by atoms with van der Waals surface area (Å²) in [6.45, 7) is 6.71. The third kappa shape index (κ3) is 3.69. The Balaban J connectivity index is 2.15. The SMILES string of the molecule is CCOc1ccc(C(CN)N2CCOCC2)cc1Br. The molecule has 0 spiro atoms. The average Bonchev–Trinajstić information content (AvgIpc) is 2.44. The highest BCUT2D eigenvalue weighted by atomic mass is 79.9. The lowest BCUT2D eigenvalue weighted by Gasteiger charge is -2.34. The summed E-state index contributed by atoms with van der Waals surface area (Å²) in [7, 11) is 0. The maximum Gasteiger partial charge on any atom is 0.133 e. The van der Waals surface area contributed by atoms with Crippen molar-refractivity contribution < 1.29 is 9.47 Å². The number of benzene rings is 1. The highest BCUT2D eigenvalue weighted by Gasteiger charge is 2.21. The minimum Gasteiger partial charge on any atom is -0.493 e. The van der Waals surface area contributed by atoms with Gasteiger partial charge in [-0.05, 0) is 40.5 Å². The number of nitrogens with zero attached hydrogens (tertiary/aromatic N) is 1. The number of morpholine rings is 1. The number of halogens is 1. The highest BCUT2D eigenvalue weighted by molar-refractivity contribution is 9.10. The first-order chi connectivity index (χ1) is 9.26. The molecule has 2 N–H and O–H groups in total. The molecule has 4 nitrogen and oxygen atoms in total. The van der Waals surface area contributed by atoms with E-state index in [0.29, 0.717) is 13.2 Å². The van der Waals surface area contributed by atoms with E-state index in [0.717, 1.165) is 36.5 Å². The topological polar surface area (TPSA) is 47.7 Å². The maximum absolute atomic E-state index is 5.95. The van der Waals surface area contributed by atoms with E-state index in [4.69, 9.17) is 15.2 Å². The molecule has 1 aliphatic heterocycles. The number of hydrogen-bond donors (Lipinski definition) is 1. The van der Waals surface area contributed by atoms with Gasteiger partial charge in [-0.1, -0.05) is 6.07 Å². The van der Waals surface area contributed by atoms with Gasteiger partial charge >= 0.3 is 0 Å². The Bertz CT molecular complexity index is 408. The zero-order valence-electron chi connectivity index (χ0n) is 11.3. The number of hydrogen-bond acceptors (Lipinski definition) is 4. The Morgan fingerprint density at radius 1 is 1.42 bits per heavy atom. The van der Waals surface area contributed by atoms with E-state index >= 15 is 0 Å². The summed E-state index contributed by atoms with van der Waals surface area (Å²) in [6, 6.07) is 6.46. The molecular weight excluding hydrogens is 308 g/mol. The summed E-state index contributed by atoms with van der Waals surface area (Å²) < 4.78 is 11.9. The quantitative estimate of drug-likeness (QED) is 0.900. The second-order valence-electron chi connectivity index (χ2n) is 4.52. The van der Waals surface area contributed by atoms with Crippen LogP contribution in [0.5, 0.6) is 5.75 Å². The summed E-state index contributed by atoms with van der Waals surface area (Å²) in [5.41, 5.74) is 7.18. The summed E-state index contributed by atoms with van der Waals surface area (Å²) in [6.07, 6.45) is 0. The number of ether oxygens (including phenoxy) is 2. The molecule has 1 atom stereocenters. The van der Waals surface area contributed by atoms with Gasteiger partial charge in [-0.25, -0.2) is 0 Å². The Labute approximate surface area is 123 Å². The van der Waals surface area contributed by atoms with Crippen LogP contribution < -0.4 is 10.5 Å². The average molecular weight is 329 g/mol. The fourth-order valence-corrected chi connectivity index (χ4v) is 2.89. The van der Waals surface area contributed by atoms with Crippen LogP contribution in [-0.4, -0.2) is 44.4 Å². The third-order valence-electron chi connectivity index (χ3n) is 3.35. The summed E-state index contributed by atoms with van der Waals surface area (Å²) in [4.78, 5) is 2.38. The molecule has 1 aliphatic rings. The van der Waals surface area contributed by atoms with E-state index in [1.807, 2.05) is 13.0 Å². The second kappa shape index (κ2) is 7.24. The third-order valence-corrected chi connectivity index (χ3v) is 3.97. The van der Waals surface area contributed by atoms with Crippen LogP contribution in [-0.2, 0) is 4.74 Å². The van der Waals surface area contributed by atoms with E-state index < -0.39 is 0 Å². The predicted octanol–water partition coefficient (Wildman–Crippen LogP) is 2.18. The van der Waals surface area contributed by atoms with Crippen LogP contribution >= 0.6 is 15.9 Å². The normalized spacial score (nSPS) is 18.3. The van der Waals surface area contributed by atoms with E-state index in [2.05, 4.69) is 33.0 Å². The van der Waals surface area contributed by atoms with Crippen molar-refractivity contribution in [3.63, 3.8) is 0 Å². The summed E-state index contributed by atoms with van der Waals surface area (Å²) in [5.74, 6) is 0.879. The molecule has 106 valence electrons. The lowest BCUT2D eigenvalue weighted by Crippen LogP contribution is -2.41. The minimum atomic E-state index is 0.246. The number of rotatable bonds is 5. The first-order valence-electron chi connectivity index (χ1n) is 6.70. The van der Waals surface area contributed by atoms with Gasteiger partial charge in [0.15, 0.2) is 0 Å². The van der Waals surface area contributed by atoms with E-state index in [9.17, 15) is 0 Å². The lowest BCUT2D eigenvalue weighted by atomic mass is 10.0. The molecule has 1 saturated heterocycles. The van der Waals surface area contributed by atoms with Gasteiger partial charge < -0.3 is 15.2 Å². The molecule has 1 heterocycles. The van der Waals surface area contributed by atoms with Crippen LogP contribution in [0.4, 0.5) is 0 Å². The standard InChI is InChI=1S/C14H21BrN2O2/c1-2-19-14-4-3-11(9-12(14)15)13(10-16)17-5-7-18-8-6-17/h3-4,9,13H,2,5-8,10,16H2,1H3. The molecule has 0 amide bonds. The fourth-order valence-electron chi connectivity index (χ4n) is 2.38. The molecule has 1 fully saturated rings. The monoisotopic (exact) mass is 328 g/mol. The van der Waals surface area contributed by atoms with Crippen molar-refractivity contribution in [3.05, 3.63) is 28.2 Å². The van der Waals surface area contributed by atoms with Crippen LogP contribution in [0.25, 0.3) is 0 Å². The fraction of sp³-hybridized carbons (Fsp3) is 0.571. The Morgan fingerprint density at radius 2 is 2.16 bits per heavy atom. The Morgan fingerprint density at radius 3 is 2.74 bits per heavy atom. The molecule has 0 saturated carbocycles. The van der Waals surface area contributed by atoms with Crippen LogP contribution in [0.1, 0.15) is 18.5 Å². The molecule has 1 aromatic rings. The van der Waals surface area contributed by atoms with Crippen LogP contribution in [0.15, 0.2) is 22.7 Å². The Hall–Kier alpha value is -0.620. The van der Waals surface area contributed by atoms with Crippen LogP contribution in [0.3, 0.4) is 0 Å². The minimum absolute atomic E-state index is 0.246. The largest absolute Gasteiger partial charge is 0.493 e. The molecule has 0 radical (unpaired) electrons. The van der Waals surface area contributed by atoms with Crippen LogP contribution in [0, 0.1) is 0 Å². The predicted molar refractivity (Wildman–Crippen MR) is 79.5 cm³/mol. The molecule has 0 aliphatic carbocycles. The summed E-state index contributed by atoms with van der Waals surface area (Å²) in [5, 5.41) is 0. The molecule has 2 rings (SSSR count). The van der Waals surface area contributed by atoms with E-state index in [1.54, 1.807) is 0 Å². The zero-order chi connectivity index (χ0) is 13.7. The van der Waals surface area contributed by atoms with Gasteiger partial charge in [0.25, 0.3) is 0 Å². The molecule has 1 unspecified atom stereocenters. The van der Waals surface area contributed by atoms with Crippen molar-refractivity contribution in [1.29, 1.82) is 0 Å². The van der Waals surface area contributed by atoms with E-state index in [1.165, 1.54) is 5.56 Å². The van der Waals surface area contributed by atoms with Crippen molar-refractivity contribution in [2.24, 2.45) is 5.73 Å². The van der Waals surface area contributed by atoms with Crippen molar-refractivity contribution in [2.45, 2.75) is 13.0 Å². The van der Waals surface area contributed by atoms with Crippen molar-refractivity contribution in [2.75, 3.05) is 39.5 Å². The van der Waals surface area contributed by atoms with Gasteiger partial charge in [-0.3, -0.25) is 4.90 Å². The second-order valence-corrected chi connectivity index (χ2v) is 5.38. The van der Waals surface area contributed by atoms with E-state index in [-0.39, 0.29) is 6.04 Å². The van der Waals surface area contributed by atoms with Crippen LogP contribution in [0.2, 0.25) is 0 Å². The van der Waals surface area contributed by atoms with Gasteiger partial charge in [0, 0.05) is 25.7 Å². The van der Waals surface area contributed by atoms with Crippen molar-refractivity contribution >= 4 is 15.9 Å². The van der Waals surface area contributed by atoms with Gasteiger partial charge in [0.1, 0.15) is 5.75 Å². The van der Waals surface area contributed by atoms with Crippen molar-refractivity contribution in [3.8, 4) is 5.75 Å². The molecule has 19 heavy (non-hydrogen) atoms. The molecule has 0 aromatic heterocycles. The lowest BCUT2D eigenvalue weighted by molar-refractivity contribution is 0.0178. The molecular formula is C14H21BrN2O2. The van der Waals surface area contributed by atoms with Crippen molar-refractivity contribution in [1.82, 2.24) is 4.90 Å². The van der Waals surface area contributed by atoms with Gasteiger partial charge in [-0.2, -0.15) is 0 Å². The summed E-state index contributed by atoms with van der Waals surface area (Å²) >= 11 is 3.56. The maximum atomic E-state index is 5.95. The molecule has 5 heteroatoms. The molecule has 1 aromatic carbocycles.